The molecule has 0 saturated carbocycles. The molecule has 1 nitrogen and oxygen atoms in total. The van der Waals surface area contributed by atoms with Gasteiger partial charge in [0.15, 0.2) is 5.69 Å². The first-order chi connectivity index (χ1) is 4.25. The minimum atomic E-state index is 1.22. The number of thiazole rings is 1. The van der Waals surface area contributed by atoms with Gasteiger partial charge in [-0.1, -0.05) is 17.9 Å². The zero-order chi connectivity index (χ0) is 6.85. The lowest BCUT2D eigenvalue weighted by Crippen LogP contribution is -2.31. The third-order valence-electron chi connectivity index (χ3n) is 1.38. The van der Waals surface area contributed by atoms with Crippen LogP contribution >= 0.6 is 11.3 Å². The van der Waals surface area contributed by atoms with Crippen LogP contribution < -0.4 is 4.57 Å². The van der Waals surface area contributed by atoms with Gasteiger partial charge in [0.25, 0.3) is 5.01 Å². The van der Waals surface area contributed by atoms with E-state index in [0.29, 0.717) is 0 Å². The highest BCUT2D eigenvalue weighted by Crippen LogP contribution is 2.05. The number of nitrogens with zero attached hydrogens (tertiary/aromatic N) is 1. The van der Waals surface area contributed by atoms with Crippen molar-refractivity contribution in [2.75, 3.05) is 0 Å². The highest BCUT2D eigenvalue weighted by molar-refractivity contribution is 7.10. The van der Waals surface area contributed by atoms with Crippen LogP contribution in [0.15, 0.2) is 12.0 Å². The van der Waals surface area contributed by atoms with E-state index < -0.39 is 0 Å². The average Bonchev–Trinajstić information content (AvgIpc) is 2.15. The second-order valence-corrected chi connectivity index (χ2v) is 2.87. The number of rotatable bonds is 1. The quantitative estimate of drug-likeness (QED) is 0.521. The van der Waals surface area contributed by atoms with E-state index in [1.807, 2.05) is 13.1 Å². The first-order valence-electron chi connectivity index (χ1n) is 2.82. The van der Waals surface area contributed by atoms with Crippen molar-refractivity contribution in [2.24, 2.45) is 7.05 Å². The Bertz CT molecular complexity index is 225. The van der Waals surface area contributed by atoms with Gasteiger partial charge in [0, 0.05) is 13.0 Å². The smallest absolute Gasteiger partial charge is 0.189 e. The molecular weight excluding hydrogens is 130 g/mol. The lowest BCUT2D eigenvalue weighted by Gasteiger charge is -1.82. The van der Waals surface area contributed by atoms with Crippen LogP contribution in [0.3, 0.4) is 0 Å². The Morgan fingerprint density at radius 2 is 2.44 bits per heavy atom. The summed E-state index contributed by atoms with van der Waals surface area (Å²) >= 11 is 1.72. The molecular formula is C7H10NS+. The van der Waals surface area contributed by atoms with Gasteiger partial charge in [0.05, 0.1) is 5.38 Å². The van der Waals surface area contributed by atoms with E-state index in [1.54, 1.807) is 11.3 Å². The van der Waals surface area contributed by atoms with Crippen LogP contribution in [-0.4, -0.2) is 0 Å². The van der Waals surface area contributed by atoms with Crippen LogP contribution in [-0.2, 0) is 7.05 Å². The van der Waals surface area contributed by atoms with E-state index in [0.717, 1.165) is 0 Å². The third kappa shape index (κ3) is 1.03. The van der Waals surface area contributed by atoms with Gasteiger partial charge in [-0.05, 0) is 0 Å². The largest absolute Gasteiger partial charge is 0.261 e. The highest BCUT2D eigenvalue weighted by atomic mass is 32.1. The van der Waals surface area contributed by atoms with Crippen LogP contribution in [0.4, 0.5) is 0 Å². The summed E-state index contributed by atoms with van der Waals surface area (Å²) in [5.74, 6) is 0. The van der Waals surface area contributed by atoms with Crippen LogP contribution in [0.2, 0.25) is 0 Å². The average molecular weight is 140 g/mol. The van der Waals surface area contributed by atoms with Crippen LogP contribution in [0.5, 0.6) is 0 Å². The van der Waals surface area contributed by atoms with Gasteiger partial charge >= 0.3 is 0 Å². The molecule has 0 aliphatic heterocycles. The molecule has 9 heavy (non-hydrogen) atoms. The lowest BCUT2D eigenvalue weighted by molar-refractivity contribution is -0.674. The maximum absolute atomic E-state index is 3.69. The van der Waals surface area contributed by atoms with Crippen LogP contribution in [0.25, 0.3) is 6.08 Å². The Hall–Kier alpha value is -0.630. The summed E-state index contributed by atoms with van der Waals surface area (Å²) in [4.78, 5) is 0. The Morgan fingerprint density at radius 3 is 2.67 bits per heavy atom. The van der Waals surface area contributed by atoms with Crippen molar-refractivity contribution in [3.8, 4) is 0 Å². The fourth-order valence-electron chi connectivity index (χ4n) is 0.663. The second-order valence-electron chi connectivity index (χ2n) is 1.98. The molecule has 0 spiro atoms. The van der Waals surface area contributed by atoms with Crippen LogP contribution in [0, 0.1) is 6.92 Å². The third-order valence-corrected chi connectivity index (χ3v) is 2.53. The van der Waals surface area contributed by atoms with E-state index in [2.05, 4.69) is 23.4 Å². The fourth-order valence-corrected chi connectivity index (χ4v) is 1.51. The lowest BCUT2D eigenvalue weighted by atomic mass is 10.5. The summed E-state index contributed by atoms with van der Waals surface area (Å²) in [6.07, 6.45) is 1.87. The molecule has 48 valence electrons. The summed E-state index contributed by atoms with van der Waals surface area (Å²) in [6, 6.07) is 0. The molecule has 0 aliphatic rings. The van der Waals surface area contributed by atoms with Gasteiger partial charge in [-0.25, -0.2) is 0 Å². The standard InChI is InChI=1S/C7H10NS/c1-4-7-8(3)6(2)5-9-7/h4-5H,1H2,2-3H3/q+1. The molecule has 0 unspecified atom stereocenters. The van der Waals surface area contributed by atoms with Crippen molar-refractivity contribution in [3.63, 3.8) is 0 Å². The maximum Gasteiger partial charge on any atom is 0.261 e. The van der Waals surface area contributed by atoms with Crippen molar-refractivity contribution >= 4 is 17.4 Å². The predicted octanol–water partition coefficient (Wildman–Crippen LogP) is 1.52. The normalized spacial score (nSPS) is 9.56. The Labute approximate surface area is 59.3 Å². The monoisotopic (exact) mass is 140 g/mol. The SMILES string of the molecule is C=Cc1scc(C)[n+]1C. The van der Waals surface area contributed by atoms with Gasteiger partial charge in [-0.15, -0.1) is 0 Å². The molecule has 1 heterocycles. The molecule has 0 fully saturated rings. The summed E-state index contributed by atoms with van der Waals surface area (Å²) in [5.41, 5.74) is 1.29. The number of aromatic nitrogens is 1. The number of hydrogen-bond donors (Lipinski definition) is 0. The van der Waals surface area contributed by atoms with Gasteiger partial charge in [0.1, 0.15) is 7.05 Å². The predicted molar refractivity (Wildman–Crippen MR) is 40.3 cm³/mol. The van der Waals surface area contributed by atoms with Crippen LogP contribution in [0.1, 0.15) is 10.7 Å². The molecule has 0 N–H and O–H groups in total. The molecule has 2 heteroatoms. The van der Waals surface area contributed by atoms with E-state index in [9.17, 15) is 0 Å². The summed E-state index contributed by atoms with van der Waals surface area (Å²) in [6.45, 7) is 5.78. The number of hydrogen-bond acceptors (Lipinski definition) is 1. The molecule has 0 aliphatic carbocycles. The van der Waals surface area contributed by atoms with E-state index in [1.165, 1.54) is 10.7 Å². The van der Waals surface area contributed by atoms with Gasteiger partial charge in [-0.2, -0.15) is 4.57 Å². The zero-order valence-electron chi connectivity index (χ0n) is 5.72. The Balaban J connectivity index is 3.18. The summed E-state index contributed by atoms with van der Waals surface area (Å²) in [5, 5.41) is 3.34. The molecule has 1 aromatic rings. The minimum absolute atomic E-state index is 1.22. The second kappa shape index (κ2) is 2.31. The molecule has 0 aromatic carbocycles. The van der Waals surface area contributed by atoms with Crippen molar-refractivity contribution < 1.29 is 4.57 Å². The molecule has 0 amide bonds. The summed E-state index contributed by atoms with van der Waals surface area (Å²) < 4.78 is 2.12. The molecule has 0 bridgehead atoms. The fraction of sp³-hybridized carbons (Fsp3) is 0.286. The van der Waals surface area contributed by atoms with Crippen molar-refractivity contribution in [2.45, 2.75) is 6.92 Å². The molecule has 0 radical (unpaired) electrons. The van der Waals surface area contributed by atoms with Crippen molar-refractivity contribution in [1.82, 2.24) is 0 Å². The van der Waals surface area contributed by atoms with Crippen molar-refractivity contribution in [1.29, 1.82) is 0 Å². The molecule has 1 aromatic heterocycles. The van der Waals surface area contributed by atoms with E-state index in [4.69, 9.17) is 0 Å². The van der Waals surface area contributed by atoms with E-state index in [-0.39, 0.29) is 0 Å². The summed E-state index contributed by atoms with van der Waals surface area (Å²) in [7, 11) is 2.04. The van der Waals surface area contributed by atoms with Gasteiger partial charge in [-0.3, -0.25) is 0 Å². The van der Waals surface area contributed by atoms with Gasteiger partial charge < -0.3 is 0 Å². The molecule has 1 rings (SSSR count). The highest BCUT2D eigenvalue weighted by Gasteiger charge is 2.06. The zero-order valence-corrected chi connectivity index (χ0v) is 6.53. The maximum atomic E-state index is 3.69. The topological polar surface area (TPSA) is 3.88 Å². The Kier molecular flexibility index (Phi) is 1.67. The number of aryl methyl sites for hydroxylation is 1. The Morgan fingerprint density at radius 1 is 1.78 bits per heavy atom. The van der Waals surface area contributed by atoms with E-state index >= 15 is 0 Å². The minimum Gasteiger partial charge on any atom is -0.189 e. The first-order valence-corrected chi connectivity index (χ1v) is 3.70. The molecule has 0 saturated heterocycles. The molecule has 0 atom stereocenters. The van der Waals surface area contributed by atoms with Gasteiger partial charge in [0.2, 0.25) is 0 Å². The van der Waals surface area contributed by atoms with Crippen molar-refractivity contribution in [3.05, 3.63) is 22.7 Å². The first kappa shape index (κ1) is 6.49.